The minimum absolute atomic E-state index is 0.0108. The molecule has 14 heavy (non-hydrogen) atoms. The smallest absolute Gasteiger partial charge is 0.230 e. The molecule has 0 saturated heterocycles. The Morgan fingerprint density at radius 3 is 3.14 bits per heavy atom. The summed E-state index contributed by atoms with van der Waals surface area (Å²) in [4.78, 5) is 29.5. The molecule has 0 aliphatic carbocycles. The van der Waals surface area contributed by atoms with Crippen molar-refractivity contribution in [3.8, 4) is 0 Å². The fraction of sp³-hybridized carbons (Fsp3) is 0.250. The van der Waals surface area contributed by atoms with Crippen LogP contribution in [-0.4, -0.2) is 21.8 Å². The molecule has 1 aliphatic heterocycles. The van der Waals surface area contributed by atoms with E-state index >= 15 is 0 Å². The molecular weight excluding hydrogens is 184 g/mol. The van der Waals surface area contributed by atoms with Crippen molar-refractivity contribution in [1.82, 2.24) is 9.97 Å². The Balaban J connectivity index is 2.28. The van der Waals surface area contributed by atoms with Crippen LogP contribution in [0, 0.1) is 0 Å². The number of anilines is 1. The summed E-state index contributed by atoms with van der Waals surface area (Å²) in [6.45, 7) is 0. The summed E-state index contributed by atoms with van der Waals surface area (Å²) >= 11 is 0. The fourth-order valence-corrected chi connectivity index (χ4v) is 1.27. The first-order valence-corrected chi connectivity index (χ1v) is 4.08. The van der Waals surface area contributed by atoms with Gasteiger partial charge in [-0.05, 0) is 0 Å². The van der Waals surface area contributed by atoms with Crippen LogP contribution in [-0.2, 0) is 22.4 Å². The largest absolute Gasteiger partial charge is 0.369 e. The predicted octanol–water partition coefficient (Wildman–Crippen LogP) is -1.00. The van der Waals surface area contributed by atoms with Gasteiger partial charge in [0.1, 0.15) is 11.6 Å². The second-order valence-electron chi connectivity index (χ2n) is 3.03. The van der Waals surface area contributed by atoms with Gasteiger partial charge in [-0.1, -0.05) is 0 Å². The molecule has 6 nitrogen and oxygen atoms in total. The molecule has 3 N–H and O–H groups in total. The van der Waals surface area contributed by atoms with Gasteiger partial charge in [0.15, 0.2) is 0 Å². The van der Waals surface area contributed by atoms with Crippen molar-refractivity contribution in [2.45, 2.75) is 12.8 Å². The van der Waals surface area contributed by atoms with E-state index in [4.69, 9.17) is 5.73 Å². The maximum Gasteiger partial charge on any atom is 0.230 e. The lowest BCUT2D eigenvalue weighted by atomic mass is 10.2. The molecule has 0 fully saturated rings. The summed E-state index contributed by atoms with van der Waals surface area (Å²) in [5, 5.41) is 2.57. The quantitative estimate of drug-likeness (QED) is 0.627. The first-order chi connectivity index (χ1) is 6.65. The number of amides is 2. The van der Waals surface area contributed by atoms with E-state index in [1.807, 2.05) is 0 Å². The summed E-state index contributed by atoms with van der Waals surface area (Å²) in [5.41, 5.74) is 5.74. The minimum atomic E-state index is -0.491. The highest BCUT2D eigenvalue weighted by molar-refractivity contribution is 5.97. The molecule has 2 rings (SSSR count). The number of fused-ring (bicyclic) bond motifs is 1. The van der Waals surface area contributed by atoms with Crippen LogP contribution < -0.4 is 11.1 Å². The number of nitrogens with zero attached hydrogens (tertiary/aromatic N) is 2. The van der Waals surface area contributed by atoms with Gasteiger partial charge < -0.3 is 11.1 Å². The van der Waals surface area contributed by atoms with Crippen LogP contribution in [0.15, 0.2) is 6.20 Å². The van der Waals surface area contributed by atoms with Gasteiger partial charge in [-0.15, -0.1) is 0 Å². The average Bonchev–Trinajstić information content (AvgIpc) is 2.42. The topological polar surface area (TPSA) is 98.0 Å². The second-order valence-corrected chi connectivity index (χ2v) is 3.03. The third-order valence-electron chi connectivity index (χ3n) is 1.86. The van der Waals surface area contributed by atoms with E-state index < -0.39 is 5.91 Å². The number of rotatable bonds is 2. The minimum Gasteiger partial charge on any atom is -0.369 e. The van der Waals surface area contributed by atoms with Gasteiger partial charge in [0, 0.05) is 11.8 Å². The van der Waals surface area contributed by atoms with Crippen LogP contribution in [0.3, 0.4) is 0 Å². The fourth-order valence-electron chi connectivity index (χ4n) is 1.27. The van der Waals surface area contributed by atoms with Crippen molar-refractivity contribution < 1.29 is 9.59 Å². The normalized spacial score (nSPS) is 13.6. The summed E-state index contributed by atoms with van der Waals surface area (Å²) in [6, 6.07) is 0. The Morgan fingerprint density at radius 2 is 2.43 bits per heavy atom. The molecule has 1 aromatic rings. The van der Waals surface area contributed by atoms with E-state index in [0.717, 1.165) is 5.56 Å². The highest BCUT2D eigenvalue weighted by Crippen LogP contribution is 2.18. The molecule has 0 atom stereocenters. The Labute approximate surface area is 79.5 Å². The van der Waals surface area contributed by atoms with E-state index in [1.54, 1.807) is 6.20 Å². The zero-order valence-corrected chi connectivity index (χ0v) is 7.28. The number of hydrogen-bond acceptors (Lipinski definition) is 4. The van der Waals surface area contributed by atoms with E-state index in [0.29, 0.717) is 18.1 Å². The van der Waals surface area contributed by atoms with Gasteiger partial charge in [0.05, 0.1) is 12.8 Å². The van der Waals surface area contributed by atoms with Crippen molar-refractivity contribution in [1.29, 1.82) is 0 Å². The SMILES string of the molecule is NC(=O)Cc1ncc2c(n1)NC(=O)C2. The van der Waals surface area contributed by atoms with Crippen LogP contribution in [0.25, 0.3) is 0 Å². The first kappa shape index (κ1) is 8.61. The zero-order chi connectivity index (χ0) is 10.1. The van der Waals surface area contributed by atoms with Crippen LogP contribution >= 0.6 is 0 Å². The van der Waals surface area contributed by atoms with Gasteiger partial charge in [0.25, 0.3) is 0 Å². The summed E-state index contributed by atoms with van der Waals surface area (Å²) in [6.07, 6.45) is 1.83. The molecule has 0 spiro atoms. The number of hydrogen-bond donors (Lipinski definition) is 2. The van der Waals surface area contributed by atoms with E-state index in [9.17, 15) is 9.59 Å². The van der Waals surface area contributed by atoms with Gasteiger partial charge >= 0.3 is 0 Å². The monoisotopic (exact) mass is 192 g/mol. The van der Waals surface area contributed by atoms with Gasteiger partial charge in [-0.3, -0.25) is 9.59 Å². The third kappa shape index (κ3) is 1.54. The number of carbonyl (C=O) groups excluding carboxylic acids is 2. The number of nitrogens with one attached hydrogen (secondary N) is 1. The molecule has 0 saturated carbocycles. The van der Waals surface area contributed by atoms with Gasteiger partial charge in [-0.2, -0.15) is 0 Å². The molecule has 0 radical (unpaired) electrons. The molecule has 0 aromatic carbocycles. The number of carbonyl (C=O) groups is 2. The van der Waals surface area contributed by atoms with E-state index in [-0.39, 0.29) is 12.3 Å². The van der Waals surface area contributed by atoms with Crippen molar-refractivity contribution in [3.63, 3.8) is 0 Å². The molecule has 0 bridgehead atoms. The van der Waals surface area contributed by atoms with Crippen LogP contribution in [0.2, 0.25) is 0 Å². The third-order valence-corrected chi connectivity index (χ3v) is 1.86. The molecule has 6 heteroatoms. The standard InChI is InChI=1S/C8H8N4O2/c9-5(13)2-6-10-3-4-1-7(14)12-8(4)11-6/h3H,1-2H2,(H2,9,13)(H,10,11,12,14). The molecular formula is C8H8N4O2. The summed E-state index contributed by atoms with van der Waals surface area (Å²) < 4.78 is 0. The first-order valence-electron chi connectivity index (χ1n) is 4.08. The highest BCUT2D eigenvalue weighted by Gasteiger charge is 2.19. The van der Waals surface area contributed by atoms with Gasteiger partial charge in [-0.25, -0.2) is 9.97 Å². The Morgan fingerprint density at radius 1 is 1.64 bits per heavy atom. The lowest BCUT2D eigenvalue weighted by molar-refractivity contribution is -0.117. The Kier molecular flexibility index (Phi) is 1.88. The number of aromatic nitrogens is 2. The van der Waals surface area contributed by atoms with Crippen molar-refractivity contribution in [3.05, 3.63) is 17.6 Å². The van der Waals surface area contributed by atoms with Crippen molar-refractivity contribution in [2.24, 2.45) is 5.73 Å². The van der Waals surface area contributed by atoms with Gasteiger partial charge in [0.2, 0.25) is 11.8 Å². The second kappa shape index (κ2) is 3.06. The Bertz CT molecular complexity index is 416. The number of primary amides is 1. The van der Waals surface area contributed by atoms with Crippen molar-refractivity contribution in [2.75, 3.05) is 5.32 Å². The lowest BCUT2D eigenvalue weighted by Gasteiger charge is -1.99. The summed E-state index contributed by atoms with van der Waals surface area (Å²) in [7, 11) is 0. The molecule has 0 unspecified atom stereocenters. The average molecular weight is 192 g/mol. The van der Waals surface area contributed by atoms with Crippen LogP contribution in [0.1, 0.15) is 11.4 Å². The Hall–Kier alpha value is -1.98. The van der Waals surface area contributed by atoms with Crippen molar-refractivity contribution >= 4 is 17.6 Å². The maximum absolute atomic E-state index is 11.0. The molecule has 2 heterocycles. The zero-order valence-electron chi connectivity index (χ0n) is 7.28. The van der Waals surface area contributed by atoms with E-state index in [2.05, 4.69) is 15.3 Å². The molecule has 1 aliphatic rings. The molecule has 72 valence electrons. The predicted molar refractivity (Wildman–Crippen MR) is 47.3 cm³/mol. The van der Waals surface area contributed by atoms with Crippen LogP contribution in [0.4, 0.5) is 5.82 Å². The molecule has 1 aromatic heterocycles. The maximum atomic E-state index is 11.0. The van der Waals surface area contributed by atoms with E-state index in [1.165, 1.54) is 0 Å². The molecule has 2 amide bonds. The summed E-state index contributed by atoms with van der Waals surface area (Å²) in [5.74, 6) is 0.222. The number of nitrogens with two attached hydrogens (primary N) is 1. The van der Waals surface area contributed by atoms with Crippen LogP contribution in [0.5, 0.6) is 0 Å². The lowest BCUT2D eigenvalue weighted by Crippen LogP contribution is -2.16. The highest BCUT2D eigenvalue weighted by atomic mass is 16.2.